The summed E-state index contributed by atoms with van der Waals surface area (Å²) in [6.07, 6.45) is 8.15. The van der Waals surface area contributed by atoms with Crippen LogP contribution in [0.25, 0.3) is 0 Å². The fraction of sp³-hybridized carbons (Fsp3) is 0.381. The van der Waals surface area contributed by atoms with Gasteiger partial charge >= 0.3 is 0 Å². The van der Waals surface area contributed by atoms with Gasteiger partial charge in [0.25, 0.3) is 0 Å². The molecule has 2 aromatic rings. The van der Waals surface area contributed by atoms with Crippen LogP contribution in [0.1, 0.15) is 25.3 Å². The molecular formula is C21H26N4O2S. The normalized spacial score (nSPS) is 23.5. The molecule has 1 saturated carbocycles. The Morgan fingerprint density at radius 2 is 1.93 bits per heavy atom. The molecule has 0 radical (unpaired) electrons. The van der Waals surface area contributed by atoms with Crippen molar-refractivity contribution < 1.29 is 8.42 Å². The van der Waals surface area contributed by atoms with Crippen LogP contribution in [0.2, 0.25) is 0 Å². The lowest BCUT2D eigenvalue weighted by molar-refractivity contribution is 0.442. The van der Waals surface area contributed by atoms with E-state index in [1.807, 2.05) is 18.2 Å². The summed E-state index contributed by atoms with van der Waals surface area (Å²) in [6.45, 7) is 2.86. The van der Waals surface area contributed by atoms with Crippen molar-refractivity contribution in [2.75, 3.05) is 17.7 Å². The lowest BCUT2D eigenvalue weighted by Gasteiger charge is -2.29. The van der Waals surface area contributed by atoms with E-state index in [0.717, 1.165) is 23.4 Å². The van der Waals surface area contributed by atoms with E-state index in [1.165, 1.54) is 13.5 Å². The van der Waals surface area contributed by atoms with Crippen LogP contribution < -0.4 is 15.4 Å². The van der Waals surface area contributed by atoms with E-state index < -0.39 is 10.0 Å². The molecular weight excluding hydrogens is 372 g/mol. The van der Waals surface area contributed by atoms with E-state index in [0.29, 0.717) is 24.4 Å². The Balaban J connectivity index is 1.61. The van der Waals surface area contributed by atoms with Gasteiger partial charge in [-0.05, 0) is 61.7 Å². The monoisotopic (exact) mass is 398 g/mol. The number of hydrogen-bond donors (Lipinski definition) is 3. The molecule has 1 aromatic heterocycles. The van der Waals surface area contributed by atoms with Crippen molar-refractivity contribution in [3.05, 3.63) is 59.9 Å². The Morgan fingerprint density at radius 3 is 2.68 bits per heavy atom. The smallest absolute Gasteiger partial charge is 0.240 e. The first-order valence-electron chi connectivity index (χ1n) is 9.64. The lowest BCUT2D eigenvalue weighted by Crippen LogP contribution is -2.31. The van der Waals surface area contributed by atoms with Gasteiger partial charge in [-0.1, -0.05) is 18.6 Å². The van der Waals surface area contributed by atoms with Gasteiger partial charge in [-0.2, -0.15) is 0 Å². The first kappa shape index (κ1) is 19.0. The highest BCUT2D eigenvalue weighted by atomic mass is 32.2. The molecule has 0 saturated heterocycles. The Kier molecular flexibility index (Phi) is 5.12. The van der Waals surface area contributed by atoms with Crippen molar-refractivity contribution in [2.24, 2.45) is 11.8 Å². The van der Waals surface area contributed by atoms with Crippen LogP contribution in [0.5, 0.6) is 0 Å². The van der Waals surface area contributed by atoms with Crippen LogP contribution in [0.3, 0.4) is 0 Å². The van der Waals surface area contributed by atoms with Crippen molar-refractivity contribution >= 4 is 21.4 Å². The second kappa shape index (κ2) is 7.56. The number of benzene rings is 1. The van der Waals surface area contributed by atoms with E-state index in [-0.39, 0.29) is 4.90 Å². The number of nitrogens with one attached hydrogen (secondary N) is 3. The van der Waals surface area contributed by atoms with Gasteiger partial charge in [0.05, 0.1) is 16.3 Å². The number of aromatic nitrogens is 1. The first-order valence-corrected chi connectivity index (χ1v) is 11.1. The molecule has 3 atom stereocenters. The molecule has 0 bridgehead atoms. The number of rotatable bonds is 7. The third kappa shape index (κ3) is 3.91. The van der Waals surface area contributed by atoms with Crippen LogP contribution in [-0.2, 0) is 16.6 Å². The molecule has 0 aliphatic heterocycles. The summed E-state index contributed by atoms with van der Waals surface area (Å²) in [4.78, 5) is 4.29. The van der Waals surface area contributed by atoms with Gasteiger partial charge in [0.2, 0.25) is 10.0 Å². The van der Waals surface area contributed by atoms with Crippen LogP contribution in [-0.4, -0.2) is 26.5 Å². The predicted molar refractivity (Wildman–Crippen MR) is 112 cm³/mol. The summed E-state index contributed by atoms with van der Waals surface area (Å²) in [5.41, 5.74) is 4.36. The van der Waals surface area contributed by atoms with Crippen molar-refractivity contribution in [3.63, 3.8) is 0 Å². The van der Waals surface area contributed by atoms with Crippen molar-refractivity contribution in [1.82, 2.24) is 9.71 Å². The summed E-state index contributed by atoms with van der Waals surface area (Å²) in [6, 6.07) is 9.49. The van der Waals surface area contributed by atoms with Crippen LogP contribution in [0, 0.1) is 11.8 Å². The standard InChI is InChI=1S/C21H26N4O2S/c1-14-3-4-16-11-18(16)21(14)25-19-6-5-17(28(26,27)22-2)12-20(19)24-13-15-7-9-23-10-8-15/h4-10,12,14,18,21-22,24-25H,3,11,13H2,1-2H3. The van der Waals surface area contributed by atoms with E-state index >= 15 is 0 Å². The van der Waals surface area contributed by atoms with Crippen LogP contribution >= 0.6 is 0 Å². The molecule has 2 aliphatic carbocycles. The third-order valence-electron chi connectivity index (χ3n) is 5.69. The zero-order valence-electron chi connectivity index (χ0n) is 16.1. The Bertz CT molecular complexity index is 989. The number of anilines is 2. The molecule has 6 nitrogen and oxygen atoms in total. The quantitative estimate of drug-likeness (QED) is 0.623. The molecule has 1 fully saturated rings. The van der Waals surface area contributed by atoms with Crippen LogP contribution in [0.4, 0.5) is 11.4 Å². The van der Waals surface area contributed by atoms with Gasteiger partial charge in [-0.3, -0.25) is 4.98 Å². The molecule has 1 aromatic carbocycles. The van der Waals surface area contributed by atoms with E-state index in [2.05, 4.69) is 33.3 Å². The number of sulfonamides is 1. The predicted octanol–water partition coefficient (Wildman–Crippen LogP) is 3.37. The summed E-state index contributed by atoms with van der Waals surface area (Å²) in [7, 11) is -2.08. The second-order valence-electron chi connectivity index (χ2n) is 7.60. The minimum Gasteiger partial charge on any atom is -0.380 e. The molecule has 0 spiro atoms. The van der Waals surface area contributed by atoms with Crippen molar-refractivity contribution in [1.29, 1.82) is 0 Å². The number of nitrogens with zero attached hydrogens (tertiary/aromatic N) is 1. The maximum absolute atomic E-state index is 12.3. The minimum absolute atomic E-state index is 0.251. The first-order chi connectivity index (χ1) is 13.5. The molecule has 4 rings (SSSR count). The molecule has 2 aliphatic rings. The summed E-state index contributed by atoms with van der Waals surface area (Å²) >= 11 is 0. The molecule has 148 valence electrons. The highest BCUT2D eigenvalue weighted by Crippen LogP contribution is 2.48. The number of allylic oxidation sites excluding steroid dienone is 1. The summed E-state index contributed by atoms with van der Waals surface area (Å²) in [5, 5.41) is 7.09. The van der Waals surface area contributed by atoms with Crippen LogP contribution in [0.15, 0.2) is 59.3 Å². The minimum atomic E-state index is -3.50. The highest BCUT2D eigenvalue weighted by Gasteiger charge is 2.42. The zero-order valence-corrected chi connectivity index (χ0v) is 17.0. The number of pyridine rings is 1. The van der Waals surface area contributed by atoms with Gasteiger partial charge in [0.15, 0.2) is 0 Å². The van der Waals surface area contributed by atoms with Gasteiger partial charge in [0, 0.05) is 30.9 Å². The summed E-state index contributed by atoms with van der Waals surface area (Å²) in [5.74, 6) is 1.16. The fourth-order valence-electron chi connectivity index (χ4n) is 3.87. The Labute approximate surface area is 166 Å². The van der Waals surface area contributed by atoms with Gasteiger partial charge in [-0.25, -0.2) is 13.1 Å². The van der Waals surface area contributed by atoms with Gasteiger partial charge in [-0.15, -0.1) is 0 Å². The van der Waals surface area contributed by atoms with E-state index in [4.69, 9.17) is 0 Å². The van der Waals surface area contributed by atoms with Crippen molar-refractivity contribution in [2.45, 2.75) is 37.2 Å². The van der Waals surface area contributed by atoms with Crippen molar-refractivity contribution in [3.8, 4) is 0 Å². The SMILES string of the molecule is CNS(=O)(=O)c1ccc(NC2C(C)CC=C3CC32)c(NCc2ccncc2)c1. The fourth-order valence-corrected chi connectivity index (χ4v) is 4.62. The number of hydrogen-bond acceptors (Lipinski definition) is 5. The average Bonchev–Trinajstić information content (AvgIpc) is 3.50. The molecule has 1 heterocycles. The molecule has 28 heavy (non-hydrogen) atoms. The average molecular weight is 399 g/mol. The topological polar surface area (TPSA) is 83.1 Å². The van der Waals surface area contributed by atoms with Gasteiger partial charge in [0.1, 0.15) is 0 Å². The molecule has 3 N–H and O–H groups in total. The van der Waals surface area contributed by atoms with E-state index in [9.17, 15) is 8.42 Å². The number of fused-ring (bicyclic) bond motifs is 1. The maximum atomic E-state index is 12.3. The molecule has 0 amide bonds. The lowest BCUT2D eigenvalue weighted by atomic mass is 9.90. The third-order valence-corrected chi connectivity index (χ3v) is 7.11. The van der Waals surface area contributed by atoms with E-state index in [1.54, 1.807) is 30.1 Å². The second-order valence-corrected chi connectivity index (χ2v) is 9.48. The summed E-state index contributed by atoms with van der Waals surface area (Å²) < 4.78 is 26.9. The Morgan fingerprint density at radius 1 is 1.14 bits per heavy atom. The molecule has 7 heteroatoms. The Hall–Kier alpha value is -2.38. The largest absolute Gasteiger partial charge is 0.380 e. The molecule has 3 unspecified atom stereocenters. The maximum Gasteiger partial charge on any atom is 0.240 e. The van der Waals surface area contributed by atoms with Gasteiger partial charge < -0.3 is 10.6 Å². The zero-order chi connectivity index (χ0) is 19.7. The highest BCUT2D eigenvalue weighted by molar-refractivity contribution is 7.89.